The van der Waals surface area contributed by atoms with Gasteiger partial charge in [0.2, 0.25) is 0 Å². The minimum absolute atomic E-state index is 0.281. The van der Waals surface area contributed by atoms with Crippen LogP contribution in [0.25, 0.3) is 10.2 Å². The number of nitrogens with zero attached hydrogens (tertiary/aromatic N) is 2. The lowest BCUT2D eigenvalue weighted by molar-refractivity contribution is 0.0746. The number of piperazine rings is 1. The van der Waals surface area contributed by atoms with Crippen LogP contribution < -0.4 is 5.32 Å². The van der Waals surface area contributed by atoms with E-state index >= 15 is 0 Å². The molecule has 1 N–H and O–H groups in total. The number of fused-ring (bicyclic) bond motifs is 1. The van der Waals surface area contributed by atoms with Crippen LogP contribution in [0.3, 0.4) is 0 Å². The first kappa shape index (κ1) is 14.9. The van der Waals surface area contributed by atoms with Crippen molar-refractivity contribution >= 4 is 21.6 Å². The van der Waals surface area contributed by atoms with Gasteiger partial charge in [-0.1, -0.05) is 26.0 Å². The molecule has 1 saturated heterocycles. The summed E-state index contributed by atoms with van der Waals surface area (Å²) in [4.78, 5) is 7.40. The molecule has 1 unspecified atom stereocenters. The molecule has 0 saturated carbocycles. The standard InChI is InChI=1S/C17H25N3S/c1-4-17(5-2)12-20(13(3)10-18-17)11-16-19-14-8-6-7-9-15(14)21-16/h6-9,13,18H,4-5,10-12H2,1-3H3. The van der Waals surface area contributed by atoms with Crippen molar-refractivity contribution in [2.45, 2.75) is 51.7 Å². The van der Waals surface area contributed by atoms with Gasteiger partial charge in [0, 0.05) is 24.7 Å². The predicted molar refractivity (Wildman–Crippen MR) is 90.8 cm³/mol. The van der Waals surface area contributed by atoms with E-state index in [0.29, 0.717) is 6.04 Å². The number of rotatable bonds is 4. The zero-order valence-corrected chi connectivity index (χ0v) is 14.0. The molecule has 0 aliphatic carbocycles. The summed E-state index contributed by atoms with van der Waals surface area (Å²) >= 11 is 1.84. The number of hydrogen-bond acceptors (Lipinski definition) is 4. The summed E-state index contributed by atoms with van der Waals surface area (Å²) in [7, 11) is 0. The van der Waals surface area contributed by atoms with Crippen LogP contribution in [0.15, 0.2) is 24.3 Å². The molecule has 0 bridgehead atoms. The van der Waals surface area contributed by atoms with E-state index in [-0.39, 0.29) is 5.54 Å². The molecular formula is C17H25N3S. The Labute approximate surface area is 131 Å². The van der Waals surface area contributed by atoms with Crippen LogP contribution >= 0.6 is 11.3 Å². The second kappa shape index (κ2) is 6.03. The topological polar surface area (TPSA) is 28.2 Å². The maximum atomic E-state index is 4.80. The summed E-state index contributed by atoms with van der Waals surface area (Å²) < 4.78 is 1.30. The number of para-hydroxylation sites is 1. The third kappa shape index (κ3) is 2.98. The average Bonchev–Trinajstić information content (AvgIpc) is 2.92. The van der Waals surface area contributed by atoms with Crippen LogP contribution in [-0.4, -0.2) is 34.6 Å². The van der Waals surface area contributed by atoms with Gasteiger partial charge in [-0.3, -0.25) is 4.90 Å². The highest BCUT2D eigenvalue weighted by molar-refractivity contribution is 7.18. The second-order valence-electron chi connectivity index (χ2n) is 6.20. The van der Waals surface area contributed by atoms with Crippen LogP contribution in [0, 0.1) is 0 Å². The van der Waals surface area contributed by atoms with E-state index in [1.807, 2.05) is 11.3 Å². The number of aromatic nitrogens is 1. The van der Waals surface area contributed by atoms with E-state index in [1.165, 1.54) is 22.5 Å². The van der Waals surface area contributed by atoms with Gasteiger partial charge < -0.3 is 5.32 Å². The first-order chi connectivity index (χ1) is 10.2. The lowest BCUT2D eigenvalue weighted by atomic mass is 9.89. The van der Waals surface area contributed by atoms with Gasteiger partial charge >= 0.3 is 0 Å². The van der Waals surface area contributed by atoms with Crippen LogP contribution in [0.5, 0.6) is 0 Å². The molecule has 1 aromatic carbocycles. The van der Waals surface area contributed by atoms with Crippen molar-refractivity contribution in [1.82, 2.24) is 15.2 Å². The quantitative estimate of drug-likeness (QED) is 0.934. The van der Waals surface area contributed by atoms with Crippen LogP contribution in [0.4, 0.5) is 0 Å². The van der Waals surface area contributed by atoms with E-state index in [9.17, 15) is 0 Å². The van der Waals surface area contributed by atoms with Crippen molar-refractivity contribution in [3.05, 3.63) is 29.3 Å². The Bertz CT molecular complexity index is 570. The minimum atomic E-state index is 0.281. The summed E-state index contributed by atoms with van der Waals surface area (Å²) in [5.41, 5.74) is 1.42. The Hall–Kier alpha value is -0.970. The summed E-state index contributed by atoms with van der Waals surface area (Å²) in [6.07, 6.45) is 2.37. The van der Waals surface area contributed by atoms with Crippen LogP contribution in [0.2, 0.25) is 0 Å². The van der Waals surface area contributed by atoms with Gasteiger partial charge in [0.15, 0.2) is 0 Å². The Balaban J connectivity index is 1.78. The fraction of sp³-hybridized carbons (Fsp3) is 0.588. The van der Waals surface area contributed by atoms with Crippen molar-refractivity contribution in [3.63, 3.8) is 0 Å². The molecule has 1 aliphatic rings. The van der Waals surface area contributed by atoms with Gasteiger partial charge in [-0.2, -0.15) is 0 Å². The lowest BCUT2D eigenvalue weighted by Crippen LogP contribution is -2.62. The summed E-state index contributed by atoms with van der Waals surface area (Å²) in [5, 5.41) is 5.01. The van der Waals surface area contributed by atoms with E-state index in [0.717, 1.165) is 25.2 Å². The Morgan fingerprint density at radius 3 is 2.81 bits per heavy atom. The molecule has 1 aliphatic heterocycles. The van der Waals surface area contributed by atoms with Crippen LogP contribution in [-0.2, 0) is 6.54 Å². The molecule has 4 heteroatoms. The largest absolute Gasteiger partial charge is 0.308 e. The maximum absolute atomic E-state index is 4.80. The first-order valence-electron chi connectivity index (χ1n) is 7.99. The molecule has 1 atom stereocenters. The SMILES string of the molecule is CCC1(CC)CN(Cc2nc3ccccc3s2)C(C)CN1. The second-order valence-corrected chi connectivity index (χ2v) is 7.31. The molecular weight excluding hydrogens is 278 g/mol. The highest BCUT2D eigenvalue weighted by atomic mass is 32.1. The Morgan fingerprint density at radius 1 is 1.33 bits per heavy atom. The zero-order chi connectivity index (χ0) is 14.9. The monoisotopic (exact) mass is 303 g/mol. The fourth-order valence-corrected chi connectivity index (χ4v) is 4.18. The third-order valence-corrected chi connectivity index (χ3v) is 5.95. The first-order valence-corrected chi connectivity index (χ1v) is 8.81. The highest BCUT2D eigenvalue weighted by Gasteiger charge is 2.35. The zero-order valence-electron chi connectivity index (χ0n) is 13.2. The number of hydrogen-bond donors (Lipinski definition) is 1. The van der Waals surface area contributed by atoms with Crippen molar-refractivity contribution in [2.24, 2.45) is 0 Å². The molecule has 0 radical (unpaired) electrons. The van der Waals surface area contributed by atoms with Gasteiger partial charge in [-0.25, -0.2) is 4.98 Å². The van der Waals surface area contributed by atoms with Crippen molar-refractivity contribution in [1.29, 1.82) is 0 Å². The van der Waals surface area contributed by atoms with E-state index in [4.69, 9.17) is 4.98 Å². The average molecular weight is 303 g/mol. The summed E-state index contributed by atoms with van der Waals surface area (Å²) in [6, 6.07) is 9.01. The molecule has 114 valence electrons. The molecule has 3 nitrogen and oxygen atoms in total. The summed E-state index contributed by atoms with van der Waals surface area (Å²) in [6.45, 7) is 10.1. The molecule has 0 spiro atoms. The Morgan fingerprint density at radius 2 is 2.10 bits per heavy atom. The fourth-order valence-electron chi connectivity index (χ4n) is 3.19. The van der Waals surface area contributed by atoms with Gasteiger partial charge in [0.05, 0.1) is 16.8 Å². The normalized spacial score (nSPS) is 22.7. The van der Waals surface area contributed by atoms with Gasteiger partial charge in [-0.05, 0) is 31.9 Å². The highest BCUT2D eigenvalue weighted by Crippen LogP contribution is 2.27. The molecule has 2 aromatic rings. The number of benzene rings is 1. The molecule has 21 heavy (non-hydrogen) atoms. The third-order valence-electron chi connectivity index (χ3n) is 4.93. The van der Waals surface area contributed by atoms with E-state index in [2.05, 4.69) is 55.3 Å². The van der Waals surface area contributed by atoms with Gasteiger partial charge in [0.1, 0.15) is 5.01 Å². The number of thiazole rings is 1. The van der Waals surface area contributed by atoms with Crippen molar-refractivity contribution in [2.75, 3.05) is 13.1 Å². The molecule has 3 rings (SSSR count). The van der Waals surface area contributed by atoms with Gasteiger partial charge in [-0.15, -0.1) is 11.3 Å². The van der Waals surface area contributed by atoms with E-state index in [1.54, 1.807) is 0 Å². The predicted octanol–water partition coefficient (Wildman–Crippen LogP) is 3.65. The summed E-state index contributed by atoms with van der Waals surface area (Å²) in [5.74, 6) is 0. The van der Waals surface area contributed by atoms with Crippen molar-refractivity contribution < 1.29 is 0 Å². The molecule has 2 heterocycles. The smallest absolute Gasteiger partial charge is 0.108 e. The molecule has 1 fully saturated rings. The van der Waals surface area contributed by atoms with Crippen LogP contribution in [0.1, 0.15) is 38.6 Å². The maximum Gasteiger partial charge on any atom is 0.108 e. The minimum Gasteiger partial charge on any atom is -0.308 e. The Kier molecular flexibility index (Phi) is 4.29. The molecule has 0 amide bonds. The lowest BCUT2D eigenvalue weighted by Gasteiger charge is -2.46. The van der Waals surface area contributed by atoms with Gasteiger partial charge in [0.25, 0.3) is 0 Å². The number of nitrogens with one attached hydrogen (secondary N) is 1. The van der Waals surface area contributed by atoms with Crippen molar-refractivity contribution in [3.8, 4) is 0 Å². The molecule has 1 aromatic heterocycles. The van der Waals surface area contributed by atoms with E-state index < -0.39 is 0 Å².